The summed E-state index contributed by atoms with van der Waals surface area (Å²) in [6.07, 6.45) is 5.33. The second-order valence-corrected chi connectivity index (χ2v) is 3.65. The maximum absolute atomic E-state index is 5.70. The molecule has 0 aliphatic carbocycles. The SMILES string of the molecule is CCn1cc(Oc2ccnc(CNC)c2)cn1. The van der Waals surface area contributed by atoms with E-state index in [1.165, 1.54) is 0 Å². The van der Waals surface area contributed by atoms with Crippen LogP contribution in [0.5, 0.6) is 11.5 Å². The molecule has 0 saturated heterocycles. The fraction of sp³-hybridized carbons (Fsp3) is 0.333. The summed E-state index contributed by atoms with van der Waals surface area (Å²) < 4.78 is 7.52. The smallest absolute Gasteiger partial charge is 0.165 e. The first-order valence-electron chi connectivity index (χ1n) is 5.61. The minimum absolute atomic E-state index is 0.728. The molecule has 0 saturated carbocycles. The van der Waals surface area contributed by atoms with Gasteiger partial charge in [-0.1, -0.05) is 0 Å². The first kappa shape index (κ1) is 11.6. The molecule has 0 fully saturated rings. The van der Waals surface area contributed by atoms with Crippen molar-refractivity contribution in [3.63, 3.8) is 0 Å². The molecule has 5 heteroatoms. The average molecular weight is 232 g/mol. The zero-order valence-corrected chi connectivity index (χ0v) is 10.1. The largest absolute Gasteiger partial charge is 0.454 e. The van der Waals surface area contributed by atoms with Crippen molar-refractivity contribution in [1.82, 2.24) is 20.1 Å². The van der Waals surface area contributed by atoms with Crippen LogP contribution < -0.4 is 10.1 Å². The molecule has 2 aromatic rings. The number of pyridine rings is 1. The Bertz CT molecular complexity index is 481. The quantitative estimate of drug-likeness (QED) is 0.854. The number of aromatic nitrogens is 3. The predicted molar refractivity (Wildman–Crippen MR) is 65.0 cm³/mol. The minimum atomic E-state index is 0.728. The van der Waals surface area contributed by atoms with Gasteiger partial charge in [-0.2, -0.15) is 5.10 Å². The van der Waals surface area contributed by atoms with Crippen molar-refractivity contribution in [3.8, 4) is 11.5 Å². The Morgan fingerprint density at radius 3 is 3.00 bits per heavy atom. The number of nitrogens with zero attached hydrogens (tertiary/aromatic N) is 3. The normalized spacial score (nSPS) is 10.5. The molecule has 2 heterocycles. The van der Waals surface area contributed by atoms with Crippen LogP contribution in [0.15, 0.2) is 30.7 Å². The van der Waals surface area contributed by atoms with Gasteiger partial charge in [-0.15, -0.1) is 0 Å². The van der Waals surface area contributed by atoms with Crippen LogP contribution in [0.4, 0.5) is 0 Å². The van der Waals surface area contributed by atoms with Crippen molar-refractivity contribution >= 4 is 0 Å². The molecule has 0 aliphatic heterocycles. The van der Waals surface area contributed by atoms with Gasteiger partial charge in [0.25, 0.3) is 0 Å². The van der Waals surface area contributed by atoms with E-state index in [9.17, 15) is 0 Å². The highest BCUT2D eigenvalue weighted by atomic mass is 16.5. The zero-order valence-electron chi connectivity index (χ0n) is 10.1. The van der Waals surface area contributed by atoms with E-state index >= 15 is 0 Å². The third-order valence-corrected chi connectivity index (χ3v) is 2.32. The number of nitrogens with one attached hydrogen (secondary N) is 1. The van der Waals surface area contributed by atoms with Gasteiger partial charge < -0.3 is 10.1 Å². The van der Waals surface area contributed by atoms with Gasteiger partial charge in [-0.3, -0.25) is 9.67 Å². The summed E-state index contributed by atoms with van der Waals surface area (Å²) in [6.45, 7) is 3.60. The summed E-state index contributed by atoms with van der Waals surface area (Å²) in [5.41, 5.74) is 0.952. The van der Waals surface area contributed by atoms with Gasteiger partial charge >= 0.3 is 0 Å². The molecule has 0 atom stereocenters. The second-order valence-electron chi connectivity index (χ2n) is 3.65. The van der Waals surface area contributed by atoms with Gasteiger partial charge in [0.05, 0.1) is 18.1 Å². The Morgan fingerprint density at radius 2 is 2.29 bits per heavy atom. The van der Waals surface area contributed by atoms with E-state index in [2.05, 4.69) is 15.4 Å². The lowest BCUT2D eigenvalue weighted by Crippen LogP contribution is -2.06. The number of rotatable bonds is 5. The third kappa shape index (κ3) is 3.04. The Kier molecular flexibility index (Phi) is 3.72. The second kappa shape index (κ2) is 5.45. The van der Waals surface area contributed by atoms with Crippen LogP contribution in [0.3, 0.4) is 0 Å². The Labute approximate surface area is 100 Å². The highest BCUT2D eigenvalue weighted by Crippen LogP contribution is 2.20. The first-order chi connectivity index (χ1) is 8.31. The number of hydrogen-bond donors (Lipinski definition) is 1. The maximum atomic E-state index is 5.70. The first-order valence-corrected chi connectivity index (χ1v) is 5.61. The highest BCUT2D eigenvalue weighted by molar-refractivity contribution is 5.28. The van der Waals surface area contributed by atoms with E-state index in [4.69, 9.17) is 4.74 Å². The summed E-state index contributed by atoms with van der Waals surface area (Å²) in [5, 5.41) is 7.21. The van der Waals surface area contributed by atoms with E-state index < -0.39 is 0 Å². The minimum Gasteiger partial charge on any atom is -0.454 e. The van der Waals surface area contributed by atoms with Crippen LogP contribution >= 0.6 is 0 Å². The topological polar surface area (TPSA) is 52.0 Å². The molecule has 2 aromatic heterocycles. The summed E-state index contributed by atoms with van der Waals surface area (Å²) in [5.74, 6) is 1.52. The van der Waals surface area contributed by atoms with Crippen LogP contribution in [0.1, 0.15) is 12.6 Å². The van der Waals surface area contributed by atoms with Crippen molar-refractivity contribution in [2.24, 2.45) is 0 Å². The Morgan fingerprint density at radius 1 is 1.41 bits per heavy atom. The fourth-order valence-corrected chi connectivity index (χ4v) is 1.50. The molecular weight excluding hydrogens is 216 g/mol. The molecule has 5 nitrogen and oxygen atoms in total. The lowest BCUT2D eigenvalue weighted by molar-refractivity contribution is 0.479. The van der Waals surface area contributed by atoms with Gasteiger partial charge in [0.1, 0.15) is 5.75 Å². The average Bonchev–Trinajstić information content (AvgIpc) is 2.78. The molecule has 0 spiro atoms. The molecule has 1 N–H and O–H groups in total. The van der Waals surface area contributed by atoms with E-state index in [1.54, 1.807) is 12.4 Å². The fourth-order valence-electron chi connectivity index (χ4n) is 1.50. The lowest BCUT2D eigenvalue weighted by atomic mass is 10.3. The summed E-state index contributed by atoms with van der Waals surface area (Å²) in [6, 6.07) is 3.75. The van der Waals surface area contributed by atoms with Gasteiger partial charge in [0, 0.05) is 25.4 Å². The molecule has 2 rings (SSSR count). The lowest BCUT2D eigenvalue weighted by Gasteiger charge is -2.04. The van der Waals surface area contributed by atoms with E-state index in [0.29, 0.717) is 0 Å². The third-order valence-electron chi connectivity index (χ3n) is 2.32. The molecule has 0 radical (unpaired) electrons. The molecule has 0 bridgehead atoms. The predicted octanol–water partition coefficient (Wildman–Crippen LogP) is 1.81. The maximum Gasteiger partial charge on any atom is 0.165 e. The summed E-state index contributed by atoms with van der Waals surface area (Å²) >= 11 is 0. The van der Waals surface area contributed by atoms with E-state index in [0.717, 1.165) is 30.3 Å². The Hall–Kier alpha value is -1.88. The van der Waals surface area contributed by atoms with Gasteiger partial charge in [0.15, 0.2) is 5.75 Å². The van der Waals surface area contributed by atoms with Gasteiger partial charge in [0.2, 0.25) is 0 Å². The molecule has 0 aliphatic rings. The van der Waals surface area contributed by atoms with Crippen LogP contribution in [-0.4, -0.2) is 21.8 Å². The summed E-state index contributed by atoms with van der Waals surface area (Å²) in [4.78, 5) is 4.23. The molecule has 17 heavy (non-hydrogen) atoms. The van der Waals surface area contributed by atoms with Crippen LogP contribution in [0.2, 0.25) is 0 Å². The van der Waals surface area contributed by atoms with Crippen molar-refractivity contribution in [3.05, 3.63) is 36.4 Å². The Balaban J connectivity index is 2.09. The van der Waals surface area contributed by atoms with Crippen molar-refractivity contribution in [2.45, 2.75) is 20.0 Å². The summed E-state index contributed by atoms with van der Waals surface area (Å²) in [7, 11) is 1.89. The van der Waals surface area contributed by atoms with E-state index in [1.807, 2.05) is 37.0 Å². The molecule has 0 amide bonds. The van der Waals surface area contributed by atoms with Crippen molar-refractivity contribution < 1.29 is 4.74 Å². The van der Waals surface area contributed by atoms with Crippen LogP contribution in [0, 0.1) is 0 Å². The highest BCUT2D eigenvalue weighted by Gasteiger charge is 2.02. The number of ether oxygens (including phenoxy) is 1. The molecule has 90 valence electrons. The van der Waals surface area contributed by atoms with Gasteiger partial charge in [-0.25, -0.2) is 0 Å². The van der Waals surface area contributed by atoms with Gasteiger partial charge in [-0.05, 0) is 20.0 Å². The monoisotopic (exact) mass is 232 g/mol. The van der Waals surface area contributed by atoms with E-state index in [-0.39, 0.29) is 0 Å². The molecule has 0 unspecified atom stereocenters. The number of hydrogen-bond acceptors (Lipinski definition) is 4. The van der Waals surface area contributed by atoms with Crippen LogP contribution in [-0.2, 0) is 13.1 Å². The van der Waals surface area contributed by atoms with Crippen molar-refractivity contribution in [2.75, 3.05) is 7.05 Å². The molecule has 0 aromatic carbocycles. The zero-order chi connectivity index (χ0) is 12.1. The van der Waals surface area contributed by atoms with Crippen LogP contribution in [0.25, 0.3) is 0 Å². The molecular formula is C12H16N4O. The van der Waals surface area contributed by atoms with Crippen molar-refractivity contribution in [1.29, 1.82) is 0 Å². The number of aryl methyl sites for hydroxylation is 1. The standard InChI is InChI=1S/C12H16N4O/c1-3-16-9-12(8-15-16)17-11-4-5-14-10(6-11)7-13-2/h4-6,8-9,13H,3,7H2,1-2H3.